The number of anilines is 1. The molecule has 0 aliphatic carbocycles. The van der Waals surface area contributed by atoms with Gasteiger partial charge in [-0.15, -0.1) is 10.2 Å². The second-order valence-corrected chi connectivity index (χ2v) is 5.81. The Kier molecular flexibility index (Phi) is 6.09. The summed E-state index contributed by atoms with van der Waals surface area (Å²) in [7, 11) is 0. The van der Waals surface area contributed by atoms with Crippen LogP contribution in [0.3, 0.4) is 0 Å². The molecule has 0 fully saturated rings. The predicted octanol–water partition coefficient (Wildman–Crippen LogP) is 2.20. The highest BCUT2D eigenvalue weighted by atomic mass is 16.5. The first kappa shape index (κ1) is 18.8. The van der Waals surface area contributed by atoms with Gasteiger partial charge in [0, 0.05) is 5.69 Å². The lowest BCUT2D eigenvalue weighted by molar-refractivity contribution is -0.121. The number of nitrogens with zero attached hydrogens (tertiary/aromatic N) is 4. The fourth-order valence-corrected chi connectivity index (χ4v) is 2.15. The molecule has 3 aromatic rings. The molecule has 0 unspecified atom stereocenters. The molecule has 0 aliphatic heterocycles. The number of aromatic nitrogens is 3. The van der Waals surface area contributed by atoms with Crippen LogP contribution in [-0.2, 0) is 4.79 Å². The van der Waals surface area contributed by atoms with Gasteiger partial charge in [0.2, 0.25) is 0 Å². The zero-order valence-corrected chi connectivity index (χ0v) is 15.1. The van der Waals surface area contributed by atoms with Crippen LogP contribution >= 0.6 is 0 Å². The van der Waals surface area contributed by atoms with Gasteiger partial charge in [0.05, 0.1) is 6.21 Å². The number of hydrogen-bond acceptors (Lipinski definition) is 6. The Morgan fingerprint density at radius 1 is 1.07 bits per heavy atom. The summed E-state index contributed by atoms with van der Waals surface area (Å²) >= 11 is 0. The molecule has 0 atom stereocenters. The molecular weight excluding hydrogens is 360 g/mol. The third-order valence-electron chi connectivity index (χ3n) is 3.56. The monoisotopic (exact) mass is 378 g/mol. The molecule has 1 aromatic heterocycles. The maximum atomic E-state index is 11.8. The largest absolute Gasteiger partial charge is 0.484 e. The van der Waals surface area contributed by atoms with Crippen LogP contribution in [-0.4, -0.2) is 39.6 Å². The van der Waals surface area contributed by atoms with Crippen LogP contribution in [0.15, 0.2) is 66.3 Å². The summed E-state index contributed by atoms with van der Waals surface area (Å²) in [5.41, 5.74) is 2.51. The molecule has 0 saturated heterocycles. The van der Waals surface area contributed by atoms with E-state index >= 15 is 0 Å². The Balaban J connectivity index is 1.43. The van der Waals surface area contributed by atoms with E-state index in [1.807, 2.05) is 19.1 Å². The van der Waals surface area contributed by atoms with Crippen molar-refractivity contribution in [2.75, 3.05) is 11.9 Å². The van der Waals surface area contributed by atoms with Crippen LogP contribution < -0.4 is 15.4 Å². The number of hydrogen-bond donors (Lipinski definition) is 2. The average Bonchev–Trinajstić information content (AvgIpc) is 3.21. The number of imide groups is 1. The van der Waals surface area contributed by atoms with E-state index in [0.717, 1.165) is 11.1 Å². The standard InChI is InChI=1S/C19H18N6O3/c1-14-2-6-16(7-3-14)23-19(27)24-18(26)11-28-17-8-4-15(5-9-17)10-22-25-12-20-21-13-25/h2-10,12-13H,11H2,1H3,(H2,23,24,26,27)/b22-10+. The molecule has 0 spiro atoms. The second kappa shape index (κ2) is 9.08. The van der Waals surface area contributed by atoms with E-state index in [2.05, 4.69) is 25.9 Å². The topological polar surface area (TPSA) is 110 Å². The van der Waals surface area contributed by atoms with Crippen LogP contribution in [0.25, 0.3) is 0 Å². The summed E-state index contributed by atoms with van der Waals surface area (Å²) < 4.78 is 6.85. The summed E-state index contributed by atoms with van der Waals surface area (Å²) in [6.07, 6.45) is 4.58. The van der Waals surface area contributed by atoms with Crippen molar-refractivity contribution in [3.8, 4) is 5.75 Å². The lowest BCUT2D eigenvalue weighted by atomic mass is 10.2. The van der Waals surface area contributed by atoms with Gasteiger partial charge in [-0.25, -0.2) is 9.47 Å². The minimum Gasteiger partial charge on any atom is -0.484 e. The Morgan fingerprint density at radius 3 is 2.43 bits per heavy atom. The predicted molar refractivity (Wildman–Crippen MR) is 103 cm³/mol. The molecule has 0 radical (unpaired) electrons. The van der Waals surface area contributed by atoms with Gasteiger partial charge in [0.25, 0.3) is 5.91 Å². The first-order valence-electron chi connectivity index (χ1n) is 8.38. The van der Waals surface area contributed by atoms with Crippen molar-refractivity contribution >= 4 is 23.8 Å². The molecule has 2 N–H and O–H groups in total. The Morgan fingerprint density at radius 2 is 1.75 bits per heavy atom. The average molecular weight is 378 g/mol. The van der Waals surface area contributed by atoms with E-state index in [1.54, 1.807) is 42.6 Å². The summed E-state index contributed by atoms with van der Waals surface area (Å²) in [6, 6.07) is 13.6. The van der Waals surface area contributed by atoms with Crippen LogP contribution in [0.1, 0.15) is 11.1 Å². The van der Waals surface area contributed by atoms with Gasteiger partial charge >= 0.3 is 6.03 Å². The number of ether oxygens (including phenoxy) is 1. The SMILES string of the molecule is Cc1ccc(NC(=O)NC(=O)COc2ccc(/C=N/n3cnnc3)cc2)cc1. The number of nitrogens with one attached hydrogen (secondary N) is 2. The van der Waals surface area contributed by atoms with Crippen molar-refractivity contribution in [1.29, 1.82) is 0 Å². The molecule has 9 nitrogen and oxygen atoms in total. The number of rotatable bonds is 6. The summed E-state index contributed by atoms with van der Waals surface area (Å²) in [5.74, 6) is -0.0570. The Hall–Kier alpha value is -4.01. The number of carbonyl (C=O) groups is 2. The quantitative estimate of drug-likeness (QED) is 0.639. The summed E-state index contributed by atoms with van der Waals surface area (Å²) in [4.78, 5) is 23.6. The van der Waals surface area contributed by atoms with E-state index in [1.165, 1.54) is 17.3 Å². The fraction of sp³-hybridized carbons (Fsp3) is 0.105. The van der Waals surface area contributed by atoms with Gasteiger partial charge < -0.3 is 10.1 Å². The Labute approximate surface area is 161 Å². The first-order valence-corrected chi connectivity index (χ1v) is 8.38. The third-order valence-corrected chi connectivity index (χ3v) is 3.56. The molecule has 0 saturated carbocycles. The Bertz CT molecular complexity index is 950. The number of amides is 3. The smallest absolute Gasteiger partial charge is 0.325 e. The number of aryl methyl sites for hydroxylation is 1. The van der Waals surface area contributed by atoms with Gasteiger partial charge in [-0.1, -0.05) is 17.7 Å². The molecule has 3 amide bonds. The van der Waals surface area contributed by atoms with Crippen LogP contribution in [0.4, 0.5) is 10.5 Å². The highest BCUT2D eigenvalue weighted by molar-refractivity contribution is 6.01. The maximum Gasteiger partial charge on any atom is 0.325 e. The van der Waals surface area contributed by atoms with Crippen molar-refractivity contribution in [3.63, 3.8) is 0 Å². The zero-order chi connectivity index (χ0) is 19.8. The second-order valence-electron chi connectivity index (χ2n) is 5.81. The number of benzene rings is 2. The van der Waals surface area contributed by atoms with Gasteiger partial charge in [-0.2, -0.15) is 5.10 Å². The van der Waals surface area contributed by atoms with Crippen LogP contribution in [0.5, 0.6) is 5.75 Å². The summed E-state index contributed by atoms with van der Waals surface area (Å²) in [6.45, 7) is 1.66. The van der Waals surface area contributed by atoms with Crippen LogP contribution in [0.2, 0.25) is 0 Å². The molecule has 28 heavy (non-hydrogen) atoms. The normalized spacial score (nSPS) is 10.6. The van der Waals surface area contributed by atoms with E-state index in [-0.39, 0.29) is 6.61 Å². The van der Waals surface area contributed by atoms with Gasteiger partial charge in [-0.05, 0) is 48.9 Å². The van der Waals surface area contributed by atoms with E-state index in [0.29, 0.717) is 11.4 Å². The van der Waals surface area contributed by atoms with Crippen LogP contribution in [0, 0.1) is 6.92 Å². The lowest BCUT2D eigenvalue weighted by Crippen LogP contribution is -2.37. The van der Waals surface area contributed by atoms with Crippen molar-refractivity contribution in [2.45, 2.75) is 6.92 Å². The lowest BCUT2D eigenvalue weighted by Gasteiger charge is -2.08. The van der Waals surface area contributed by atoms with Crippen molar-refractivity contribution in [3.05, 3.63) is 72.3 Å². The molecule has 1 heterocycles. The van der Waals surface area contributed by atoms with Crippen molar-refractivity contribution < 1.29 is 14.3 Å². The van der Waals surface area contributed by atoms with Crippen molar-refractivity contribution in [1.82, 2.24) is 20.2 Å². The van der Waals surface area contributed by atoms with Gasteiger partial charge in [0.15, 0.2) is 6.61 Å². The fourth-order valence-electron chi connectivity index (χ4n) is 2.15. The number of carbonyl (C=O) groups excluding carboxylic acids is 2. The van der Waals surface area contributed by atoms with Gasteiger partial charge in [-0.3, -0.25) is 10.1 Å². The molecule has 3 rings (SSSR count). The minimum atomic E-state index is -0.613. The summed E-state index contributed by atoms with van der Waals surface area (Å²) in [5, 5.41) is 16.2. The molecule has 142 valence electrons. The highest BCUT2D eigenvalue weighted by Gasteiger charge is 2.08. The van der Waals surface area contributed by atoms with E-state index in [4.69, 9.17) is 4.74 Å². The zero-order valence-electron chi connectivity index (χ0n) is 15.1. The molecular formula is C19H18N6O3. The molecule has 0 bridgehead atoms. The molecule has 0 aliphatic rings. The number of urea groups is 1. The minimum absolute atomic E-state index is 0.282. The van der Waals surface area contributed by atoms with E-state index in [9.17, 15) is 9.59 Å². The van der Waals surface area contributed by atoms with E-state index < -0.39 is 11.9 Å². The molecule has 9 heteroatoms. The molecule has 2 aromatic carbocycles. The van der Waals surface area contributed by atoms with Gasteiger partial charge in [0.1, 0.15) is 18.4 Å². The highest BCUT2D eigenvalue weighted by Crippen LogP contribution is 2.11. The first-order chi connectivity index (χ1) is 13.6. The third kappa shape index (κ3) is 5.77. The maximum absolute atomic E-state index is 11.8. The van der Waals surface area contributed by atoms with Crippen molar-refractivity contribution in [2.24, 2.45) is 5.10 Å².